The SMILES string of the molecule is Cc1cccc(C2(N3CCN(Cc4ccccc4)CC3)Cc3c(F)cccc3C2=O)c1. The number of ketones is 1. The van der Waals surface area contributed by atoms with Crippen LogP contribution in [0.15, 0.2) is 72.8 Å². The molecule has 1 atom stereocenters. The second-order valence-electron chi connectivity index (χ2n) is 8.75. The molecule has 31 heavy (non-hydrogen) atoms. The van der Waals surface area contributed by atoms with Gasteiger partial charge in [-0.25, -0.2) is 4.39 Å². The van der Waals surface area contributed by atoms with Crippen molar-refractivity contribution in [3.63, 3.8) is 0 Å². The summed E-state index contributed by atoms with van der Waals surface area (Å²) >= 11 is 0. The summed E-state index contributed by atoms with van der Waals surface area (Å²) in [4.78, 5) is 18.6. The Hall–Kier alpha value is -2.82. The third-order valence-electron chi connectivity index (χ3n) is 6.83. The third kappa shape index (κ3) is 3.50. The van der Waals surface area contributed by atoms with Crippen molar-refractivity contribution in [3.8, 4) is 0 Å². The van der Waals surface area contributed by atoms with Gasteiger partial charge in [-0.3, -0.25) is 14.6 Å². The second-order valence-corrected chi connectivity index (χ2v) is 8.75. The molecule has 1 aliphatic carbocycles. The van der Waals surface area contributed by atoms with Gasteiger partial charge in [-0.15, -0.1) is 0 Å². The van der Waals surface area contributed by atoms with Crippen molar-refractivity contribution in [3.05, 3.63) is 106 Å². The van der Waals surface area contributed by atoms with Crippen LogP contribution in [0.4, 0.5) is 4.39 Å². The number of nitrogens with zero attached hydrogens (tertiary/aromatic N) is 2. The predicted molar refractivity (Wildman–Crippen MR) is 121 cm³/mol. The zero-order valence-electron chi connectivity index (χ0n) is 17.9. The van der Waals surface area contributed by atoms with Crippen molar-refractivity contribution < 1.29 is 9.18 Å². The van der Waals surface area contributed by atoms with Crippen LogP contribution in [0.5, 0.6) is 0 Å². The molecule has 0 spiro atoms. The Morgan fingerprint density at radius 3 is 2.35 bits per heavy atom. The summed E-state index contributed by atoms with van der Waals surface area (Å²) in [6.07, 6.45) is 0.399. The summed E-state index contributed by atoms with van der Waals surface area (Å²) in [6, 6.07) is 23.6. The zero-order chi connectivity index (χ0) is 21.4. The molecule has 158 valence electrons. The largest absolute Gasteiger partial charge is 0.297 e. The molecular formula is C27H27FN2O. The molecule has 0 bridgehead atoms. The molecule has 0 aromatic heterocycles. The third-order valence-corrected chi connectivity index (χ3v) is 6.83. The van der Waals surface area contributed by atoms with Gasteiger partial charge < -0.3 is 0 Å². The van der Waals surface area contributed by atoms with E-state index in [0.29, 0.717) is 17.5 Å². The van der Waals surface area contributed by atoms with E-state index in [4.69, 9.17) is 0 Å². The first-order valence-electron chi connectivity index (χ1n) is 11.0. The van der Waals surface area contributed by atoms with Crippen LogP contribution >= 0.6 is 0 Å². The number of hydrogen-bond acceptors (Lipinski definition) is 3. The van der Waals surface area contributed by atoms with Gasteiger partial charge in [0.15, 0.2) is 5.78 Å². The lowest BCUT2D eigenvalue weighted by molar-refractivity contribution is 0.0287. The van der Waals surface area contributed by atoms with Gasteiger partial charge in [-0.1, -0.05) is 72.3 Å². The van der Waals surface area contributed by atoms with E-state index >= 15 is 0 Å². The monoisotopic (exact) mass is 414 g/mol. The molecule has 1 fully saturated rings. The van der Waals surface area contributed by atoms with Crippen LogP contribution in [0.1, 0.15) is 32.6 Å². The zero-order valence-corrected chi connectivity index (χ0v) is 17.9. The molecule has 3 nitrogen and oxygen atoms in total. The minimum absolute atomic E-state index is 0.0316. The standard InChI is InChI=1S/C27H27FN2O/c1-20-7-5-10-22(17-20)27(18-24-23(26(27)31)11-6-12-25(24)28)30-15-13-29(14-16-30)19-21-8-3-2-4-9-21/h2-12,17H,13-16,18-19H2,1H3. The lowest BCUT2D eigenvalue weighted by atomic mass is 9.82. The highest BCUT2D eigenvalue weighted by Crippen LogP contribution is 2.44. The van der Waals surface area contributed by atoms with Gasteiger partial charge >= 0.3 is 0 Å². The Kier molecular flexibility index (Phi) is 5.20. The van der Waals surface area contributed by atoms with E-state index in [9.17, 15) is 9.18 Å². The van der Waals surface area contributed by atoms with Gasteiger partial charge in [0.1, 0.15) is 11.4 Å². The fourth-order valence-electron chi connectivity index (χ4n) is 5.21. The Bertz CT molecular complexity index is 1110. The number of benzene rings is 3. The van der Waals surface area contributed by atoms with Crippen LogP contribution in [-0.2, 0) is 18.5 Å². The molecule has 4 heteroatoms. The maximum atomic E-state index is 14.7. The highest BCUT2D eigenvalue weighted by atomic mass is 19.1. The van der Waals surface area contributed by atoms with Gasteiger partial charge in [0, 0.05) is 50.3 Å². The molecule has 2 aliphatic rings. The van der Waals surface area contributed by atoms with Crippen LogP contribution in [-0.4, -0.2) is 41.8 Å². The van der Waals surface area contributed by atoms with Crippen LogP contribution in [0.3, 0.4) is 0 Å². The maximum Gasteiger partial charge on any atom is 0.188 e. The van der Waals surface area contributed by atoms with Crippen LogP contribution in [0.2, 0.25) is 0 Å². The van der Waals surface area contributed by atoms with E-state index < -0.39 is 5.54 Å². The minimum atomic E-state index is -0.824. The molecule has 1 aliphatic heterocycles. The topological polar surface area (TPSA) is 23.6 Å². The molecule has 5 rings (SSSR count). The van der Waals surface area contributed by atoms with Crippen molar-refractivity contribution in [2.45, 2.75) is 25.4 Å². The number of piperazine rings is 1. The van der Waals surface area contributed by atoms with Crippen molar-refractivity contribution in [1.29, 1.82) is 0 Å². The van der Waals surface area contributed by atoms with Gasteiger partial charge in [0.2, 0.25) is 0 Å². The Morgan fingerprint density at radius 2 is 1.65 bits per heavy atom. The first-order chi connectivity index (χ1) is 15.1. The maximum absolute atomic E-state index is 14.7. The number of Topliss-reactive ketones (excluding diaryl/α,β-unsaturated/α-hetero) is 1. The molecule has 1 heterocycles. The van der Waals surface area contributed by atoms with Gasteiger partial charge in [0.25, 0.3) is 0 Å². The van der Waals surface area contributed by atoms with E-state index in [1.807, 2.05) is 31.2 Å². The van der Waals surface area contributed by atoms with Crippen molar-refractivity contribution >= 4 is 5.78 Å². The normalized spacial score (nSPS) is 21.9. The molecule has 1 unspecified atom stereocenters. The molecule has 0 N–H and O–H groups in total. The summed E-state index contributed by atoms with van der Waals surface area (Å²) in [5, 5.41) is 0. The fraction of sp³-hybridized carbons (Fsp3) is 0.296. The van der Waals surface area contributed by atoms with Gasteiger partial charge in [-0.2, -0.15) is 0 Å². The quantitative estimate of drug-likeness (QED) is 0.624. The first-order valence-corrected chi connectivity index (χ1v) is 11.0. The van der Waals surface area contributed by atoms with E-state index in [1.54, 1.807) is 12.1 Å². The lowest BCUT2D eigenvalue weighted by Gasteiger charge is -2.45. The van der Waals surface area contributed by atoms with Crippen LogP contribution in [0.25, 0.3) is 0 Å². The van der Waals surface area contributed by atoms with Crippen molar-refractivity contribution in [1.82, 2.24) is 9.80 Å². The number of carbonyl (C=O) groups is 1. The van der Waals surface area contributed by atoms with Crippen molar-refractivity contribution in [2.24, 2.45) is 0 Å². The average Bonchev–Trinajstić information content (AvgIpc) is 3.10. The summed E-state index contributed by atoms with van der Waals surface area (Å²) < 4.78 is 14.7. The highest BCUT2D eigenvalue weighted by Gasteiger charge is 2.52. The smallest absolute Gasteiger partial charge is 0.188 e. The van der Waals surface area contributed by atoms with Crippen molar-refractivity contribution in [2.75, 3.05) is 26.2 Å². The fourth-order valence-corrected chi connectivity index (χ4v) is 5.21. The minimum Gasteiger partial charge on any atom is -0.297 e. The number of aryl methyl sites for hydroxylation is 1. The molecule has 1 saturated heterocycles. The molecule has 3 aromatic rings. The molecule has 0 amide bonds. The van der Waals surface area contributed by atoms with Gasteiger partial charge in [0.05, 0.1) is 0 Å². The highest BCUT2D eigenvalue weighted by molar-refractivity contribution is 6.08. The molecule has 0 saturated carbocycles. The Balaban J connectivity index is 1.46. The summed E-state index contributed by atoms with van der Waals surface area (Å²) in [5.74, 6) is -0.243. The van der Waals surface area contributed by atoms with Crippen LogP contribution < -0.4 is 0 Å². The average molecular weight is 415 g/mol. The number of halogens is 1. The number of fused-ring (bicyclic) bond motifs is 1. The molecule has 0 radical (unpaired) electrons. The van der Waals surface area contributed by atoms with E-state index in [0.717, 1.165) is 43.9 Å². The molecule has 3 aromatic carbocycles. The predicted octanol–water partition coefficient (Wildman–Crippen LogP) is 4.59. The number of rotatable bonds is 4. The second kappa shape index (κ2) is 8.03. The lowest BCUT2D eigenvalue weighted by Crippen LogP contribution is -2.58. The first kappa shape index (κ1) is 20.1. The number of carbonyl (C=O) groups excluding carboxylic acids is 1. The summed E-state index contributed by atoms with van der Waals surface area (Å²) in [6.45, 7) is 6.28. The Labute approximate surface area is 183 Å². The summed E-state index contributed by atoms with van der Waals surface area (Å²) in [5.41, 5.74) is 3.66. The van der Waals surface area contributed by atoms with E-state index in [-0.39, 0.29) is 11.6 Å². The molecular weight excluding hydrogens is 387 g/mol. The van der Waals surface area contributed by atoms with E-state index in [2.05, 4.69) is 40.1 Å². The number of hydrogen-bond donors (Lipinski definition) is 0. The Morgan fingerprint density at radius 1 is 0.903 bits per heavy atom. The summed E-state index contributed by atoms with van der Waals surface area (Å²) in [7, 11) is 0. The van der Waals surface area contributed by atoms with Crippen LogP contribution in [0, 0.1) is 12.7 Å². The van der Waals surface area contributed by atoms with E-state index in [1.165, 1.54) is 11.6 Å². The van der Waals surface area contributed by atoms with Gasteiger partial charge in [-0.05, 0) is 24.1 Å².